The molecule has 0 unspecified atom stereocenters. The van der Waals surface area contributed by atoms with Gasteiger partial charge in [-0.2, -0.15) is 0 Å². The molecule has 0 aliphatic rings. The van der Waals surface area contributed by atoms with Gasteiger partial charge in [0, 0.05) is 12.1 Å². The molecule has 8 heteroatoms. The second kappa shape index (κ2) is 9.65. The van der Waals surface area contributed by atoms with Crippen molar-refractivity contribution in [3.05, 3.63) is 90.0 Å². The molecule has 3 aromatic carbocycles. The minimum absolute atomic E-state index is 0.130. The molecule has 32 heavy (non-hydrogen) atoms. The highest BCUT2D eigenvalue weighted by Crippen LogP contribution is 2.29. The van der Waals surface area contributed by atoms with Gasteiger partial charge in [0.05, 0.1) is 13.0 Å². The lowest BCUT2D eigenvalue weighted by Gasteiger charge is -2.21. The molecule has 0 saturated heterocycles. The fourth-order valence-corrected chi connectivity index (χ4v) is 3.53. The lowest BCUT2D eigenvalue weighted by molar-refractivity contribution is -0.135. The second-order valence-corrected chi connectivity index (χ2v) is 7.37. The van der Waals surface area contributed by atoms with Crippen molar-refractivity contribution in [1.29, 1.82) is 0 Å². The SMILES string of the molecule is NC(=O)CN(Cc1ccc(-c2ccccc2-c2nnn[nH]2)cc1)C(=O)Cc1ccccc1. The summed E-state index contributed by atoms with van der Waals surface area (Å²) in [5.74, 6) is -0.108. The number of hydrogen-bond acceptors (Lipinski definition) is 5. The van der Waals surface area contributed by atoms with Crippen molar-refractivity contribution in [1.82, 2.24) is 25.5 Å². The highest BCUT2D eigenvalue weighted by Gasteiger charge is 2.17. The summed E-state index contributed by atoms with van der Waals surface area (Å²) in [5.41, 5.74) is 10.0. The van der Waals surface area contributed by atoms with Crippen molar-refractivity contribution in [3.8, 4) is 22.5 Å². The highest BCUT2D eigenvalue weighted by molar-refractivity contribution is 5.85. The maximum Gasteiger partial charge on any atom is 0.237 e. The molecule has 160 valence electrons. The molecule has 0 spiro atoms. The average Bonchev–Trinajstić information content (AvgIpc) is 3.34. The summed E-state index contributed by atoms with van der Waals surface area (Å²) in [4.78, 5) is 25.9. The summed E-state index contributed by atoms with van der Waals surface area (Å²) < 4.78 is 0. The number of amides is 2. The first-order valence-electron chi connectivity index (χ1n) is 10.1. The predicted octanol–water partition coefficient (Wildman–Crippen LogP) is 2.59. The number of aromatic amines is 1. The number of carbonyl (C=O) groups excluding carboxylic acids is 2. The lowest BCUT2D eigenvalue weighted by atomic mass is 9.98. The van der Waals surface area contributed by atoms with Crippen molar-refractivity contribution < 1.29 is 9.59 Å². The molecule has 0 atom stereocenters. The number of primary amides is 1. The fraction of sp³-hybridized carbons (Fsp3) is 0.125. The minimum Gasteiger partial charge on any atom is -0.368 e. The van der Waals surface area contributed by atoms with E-state index in [0.717, 1.165) is 27.8 Å². The Morgan fingerprint density at radius 1 is 0.844 bits per heavy atom. The Labute approximate surface area is 185 Å². The van der Waals surface area contributed by atoms with Crippen molar-refractivity contribution in [2.75, 3.05) is 6.54 Å². The van der Waals surface area contributed by atoms with Gasteiger partial charge in [0.1, 0.15) is 0 Å². The molecule has 0 saturated carbocycles. The Bertz CT molecular complexity index is 1190. The number of nitrogens with two attached hydrogens (primary N) is 1. The van der Waals surface area contributed by atoms with Crippen LogP contribution in [0.2, 0.25) is 0 Å². The third-order valence-electron chi connectivity index (χ3n) is 5.06. The number of nitrogens with one attached hydrogen (secondary N) is 1. The normalized spacial score (nSPS) is 10.6. The molecule has 0 bridgehead atoms. The van der Waals surface area contributed by atoms with Crippen LogP contribution < -0.4 is 5.73 Å². The zero-order chi connectivity index (χ0) is 22.3. The van der Waals surface area contributed by atoms with Crippen LogP contribution in [-0.4, -0.2) is 43.9 Å². The van der Waals surface area contributed by atoms with Gasteiger partial charge in [0.2, 0.25) is 11.8 Å². The average molecular weight is 426 g/mol. The molecule has 0 radical (unpaired) electrons. The number of benzene rings is 3. The van der Waals surface area contributed by atoms with Crippen LogP contribution in [0.15, 0.2) is 78.9 Å². The van der Waals surface area contributed by atoms with Crippen LogP contribution in [0.4, 0.5) is 0 Å². The third kappa shape index (κ3) is 5.04. The maximum absolute atomic E-state index is 12.8. The quantitative estimate of drug-likeness (QED) is 0.449. The Kier molecular flexibility index (Phi) is 6.31. The fourth-order valence-electron chi connectivity index (χ4n) is 3.53. The van der Waals surface area contributed by atoms with E-state index >= 15 is 0 Å². The first kappa shape index (κ1) is 20.9. The van der Waals surface area contributed by atoms with Gasteiger partial charge in [0.15, 0.2) is 5.82 Å². The molecule has 1 heterocycles. The minimum atomic E-state index is -0.544. The van der Waals surface area contributed by atoms with E-state index in [2.05, 4.69) is 20.6 Å². The second-order valence-electron chi connectivity index (χ2n) is 7.37. The number of rotatable bonds is 8. The van der Waals surface area contributed by atoms with E-state index in [4.69, 9.17) is 5.73 Å². The van der Waals surface area contributed by atoms with Crippen LogP contribution >= 0.6 is 0 Å². The maximum atomic E-state index is 12.8. The number of tetrazole rings is 1. The monoisotopic (exact) mass is 426 g/mol. The third-order valence-corrected chi connectivity index (χ3v) is 5.06. The van der Waals surface area contributed by atoms with Gasteiger partial charge >= 0.3 is 0 Å². The number of aromatic nitrogens is 4. The van der Waals surface area contributed by atoms with Crippen LogP contribution in [0.25, 0.3) is 22.5 Å². The molecule has 0 aliphatic carbocycles. The molecular weight excluding hydrogens is 404 g/mol. The van der Waals surface area contributed by atoms with Gasteiger partial charge in [-0.15, -0.1) is 5.10 Å². The summed E-state index contributed by atoms with van der Waals surface area (Å²) in [7, 11) is 0. The van der Waals surface area contributed by atoms with E-state index < -0.39 is 5.91 Å². The largest absolute Gasteiger partial charge is 0.368 e. The van der Waals surface area contributed by atoms with Gasteiger partial charge in [-0.3, -0.25) is 9.59 Å². The van der Waals surface area contributed by atoms with E-state index in [1.807, 2.05) is 78.9 Å². The molecule has 0 fully saturated rings. The van der Waals surface area contributed by atoms with Crippen molar-refractivity contribution in [3.63, 3.8) is 0 Å². The van der Waals surface area contributed by atoms with Gasteiger partial charge in [-0.1, -0.05) is 78.9 Å². The first-order chi connectivity index (χ1) is 15.6. The molecule has 4 aromatic rings. The number of H-pyrrole nitrogens is 1. The molecule has 4 rings (SSSR count). The zero-order valence-electron chi connectivity index (χ0n) is 17.3. The number of nitrogens with zero attached hydrogens (tertiary/aromatic N) is 4. The highest BCUT2D eigenvalue weighted by atomic mass is 16.2. The molecule has 2 amide bonds. The Hall–Kier alpha value is -4.33. The van der Waals surface area contributed by atoms with Crippen LogP contribution in [0.5, 0.6) is 0 Å². The van der Waals surface area contributed by atoms with Gasteiger partial charge in [0.25, 0.3) is 0 Å². The van der Waals surface area contributed by atoms with Gasteiger partial charge < -0.3 is 10.6 Å². The smallest absolute Gasteiger partial charge is 0.237 e. The van der Waals surface area contributed by atoms with E-state index in [1.165, 1.54) is 4.90 Å². The van der Waals surface area contributed by atoms with E-state index in [1.54, 1.807) is 0 Å². The van der Waals surface area contributed by atoms with Crippen molar-refractivity contribution >= 4 is 11.8 Å². The molecule has 0 aliphatic heterocycles. The molecule has 1 aromatic heterocycles. The van der Waals surface area contributed by atoms with Crippen LogP contribution in [0, 0.1) is 0 Å². The summed E-state index contributed by atoms with van der Waals surface area (Å²) in [6.45, 7) is 0.164. The van der Waals surface area contributed by atoms with Gasteiger partial charge in [-0.05, 0) is 32.7 Å². The summed E-state index contributed by atoms with van der Waals surface area (Å²) in [5, 5.41) is 14.1. The van der Waals surface area contributed by atoms with E-state index in [-0.39, 0.29) is 18.9 Å². The number of carbonyl (C=O) groups is 2. The molecular formula is C24H22N6O2. The Morgan fingerprint density at radius 3 is 2.19 bits per heavy atom. The topological polar surface area (TPSA) is 118 Å². The number of hydrogen-bond donors (Lipinski definition) is 2. The van der Waals surface area contributed by atoms with E-state index in [0.29, 0.717) is 12.4 Å². The summed E-state index contributed by atoms with van der Waals surface area (Å²) in [6.07, 6.45) is 0.213. The first-order valence-corrected chi connectivity index (χ1v) is 10.1. The Morgan fingerprint density at radius 2 is 1.53 bits per heavy atom. The van der Waals surface area contributed by atoms with E-state index in [9.17, 15) is 9.59 Å². The molecule has 8 nitrogen and oxygen atoms in total. The van der Waals surface area contributed by atoms with Crippen molar-refractivity contribution in [2.24, 2.45) is 5.73 Å². The van der Waals surface area contributed by atoms with Crippen LogP contribution in [-0.2, 0) is 22.6 Å². The van der Waals surface area contributed by atoms with Crippen molar-refractivity contribution in [2.45, 2.75) is 13.0 Å². The van der Waals surface area contributed by atoms with Crippen LogP contribution in [0.1, 0.15) is 11.1 Å². The lowest BCUT2D eigenvalue weighted by Crippen LogP contribution is -2.38. The predicted molar refractivity (Wildman–Crippen MR) is 120 cm³/mol. The van der Waals surface area contributed by atoms with Crippen LogP contribution in [0.3, 0.4) is 0 Å². The standard InChI is InChI=1S/C24H22N6O2/c25-22(31)16-30(23(32)14-17-6-2-1-3-7-17)15-18-10-12-19(13-11-18)20-8-4-5-9-21(20)24-26-28-29-27-24/h1-13H,14-16H2,(H2,25,31)(H,26,27,28,29). The summed E-state index contributed by atoms with van der Waals surface area (Å²) >= 11 is 0. The molecule has 3 N–H and O–H groups in total. The van der Waals surface area contributed by atoms with Gasteiger partial charge in [-0.25, -0.2) is 5.10 Å². The Balaban J connectivity index is 1.53. The zero-order valence-corrected chi connectivity index (χ0v) is 17.3. The summed E-state index contributed by atoms with van der Waals surface area (Å²) in [6, 6.07) is 25.1.